The summed E-state index contributed by atoms with van der Waals surface area (Å²) < 4.78 is 6.13. The molecule has 0 amide bonds. The van der Waals surface area contributed by atoms with Crippen LogP contribution < -0.4 is 0 Å². The molecule has 0 aromatic carbocycles. The topological polar surface area (TPSA) is 46.5 Å². The lowest BCUT2D eigenvalue weighted by atomic mass is 10.2. The molecular formula is C8H8Cl2O3S. The minimum atomic E-state index is -0.973. The highest BCUT2D eigenvalue weighted by molar-refractivity contribution is 7.20. The number of carbonyl (C=O) groups is 1. The molecule has 1 rings (SSSR count). The number of hydrogen-bond donors (Lipinski definition) is 1. The first kappa shape index (κ1) is 11.8. The van der Waals surface area contributed by atoms with Gasteiger partial charge in [0.25, 0.3) is 0 Å². The molecule has 0 aliphatic carbocycles. The van der Waals surface area contributed by atoms with Crippen molar-refractivity contribution in [1.29, 1.82) is 0 Å². The summed E-state index contributed by atoms with van der Waals surface area (Å²) in [5.74, 6) is -0.973. The van der Waals surface area contributed by atoms with E-state index in [-0.39, 0.29) is 6.61 Å². The van der Waals surface area contributed by atoms with E-state index in [2.05, 4.69) is 0 Å². The van der Waals surface area contributed by atoms with E-state index in [1.807, 2.05) is 0 Å². The van der Waals surface area contributed by atoms with E-state index in [1.165, 1.54) is 11.3 Å². The van der Waals surface area contributed by atoms with Crippen molar-refractivity contribution in [2.75, 3.05) is 13.2 Å². The monoisotopic (exact) mass is 254 g/mol. The van der Waals surface area contributed by atoms with Crippen molar-refractivity contribution in [2.45, 2.75) is 6.42 Å². The fourth-order valence-electron chi connectivity index (χ4n) is 0.886. The Morgan fingerprint density at radius 1 is 1.57 bits per heavy atom. The van der Waals surface area contributed by atoms with Gasteiger partial charge in [0.2, 0.25) is 0 Å². The quantitative estimate of drug-likeness (QED) is 0.823. The number of halogens is 2. The molecule has 78 valence electrons. The lowest BCUT2D eigenvalue weighted by Crippen LogP contribution is -2.08. The second kappa shape index (κ2) is 5.56. The van der Waals surface area contributed by atoms with Crippen molar-refractivity contribution in [3.05, 3.63) is 20.3 Å². The zero-order chi connectivity index (χ0) is 10.6. The van der Waals surface area contributed by atoms with Gasteiger partial charge in [-0.3, -0.25) is 0 Å². The van der Waals surface area contributed by atoms with Gasteiger partial charge in [-0.25, -0.2) is 4.79 Å². The van der Waals surface area contributed by atoms with Crippen molar-refractivity contribution in [3.8, 4) is 0 Å². The van der Waals surface area contributed by atoms with Gasteiger partial charge < -0.3 is 9.84 Å². The zero-order valence-electron chi connectivity index (χ0n) is 7.13. The summed E-state index contributed by atoms with van der Waals surface area (Å²) in [6.45, 7) is 0.0502. The Bertz CT molecular complexity index is 324. The molecule has 0 bridgehead atoms. The summed E-state index contributed by atoms with van der Waals surface area (Å²) >= 11 is 12.9. The van der Waals surface area contributed by atoms with Gasteiger partial charge in [0.1, 0.15) is 6.61 Å². The minimum absolute atomic E-state index is 0.282. The van der Waals surface area contributed by atoms with E-state index in [0.29, 0.717) is 21.7 Å². The van der Waals surface area contributed by atoms with E-state index < -0.39 is 5.97 Å². The van der Waals surface area contributed by atoms with Gasteiger partial charge in [0, 0.05) is 0 Å². The third kappa shape index (κ3) is 3.84. The number of thiophene rings is 1. The molecule has 0 saturated heterocycles. The van der Waals surface area contributed by atoms with Crippen molar-refractivity contribution in [3.63, 3.8) is 0 Å². The molecule has 6 heteroatoms. The zero-order valence-corrected chi connectivity index (χ0v) is 9.45. The van der Waals surface area contributed by atoms with E-state index in [4.69, 9.17) is 33.0 Å². The maximum Gasteiger partial charge on any atom is 0.329 e. The van der Waals surface area contributed by atoms with E-state index in [1.54, 1.807) is 6.07 Å². The largest absolute Gasteiger partial charge is 0.480 e. The molecule has 1 N–H and O–H groups in total. The second-order valence-electron chi connectivity index (χ2n) is 2.55. The molecule has 3 nitrogen and oxygen atoms in total. The molecule has 0 spiro atoms. The number of hydrogen-bond acceptors (Lipinski definition) is 3. The number of aliphatic carboxylic acids is 1. The average Bonchev–Trinajstić information content (AvgIpc) is 2.39. The van der Waals surface area contributed by atoms with Crippen LogP contribution in [0.1, 0.15) is 5.56 Å². The van der Waals surface area contributed by atoms with Crippen molar-refractivity contribution in [2.24, 2.45) is 0 Å². The Labute approximate surface area is 95.2 Å². The standard InChI is InChI=1S/C8H8Cl2O3S/c9-6-3-5(8(10)14-6)1-2-13-4-7(11)12/h3H,1-2,4H2,(H,11,12). The highest BCUT2D eigenvalue weighted by Crippen LogP contribution is 2.31. The highest BCUT2D eigenvalue weighted by Gasteiger charge is 2.05. The molecule has 0 aliphatic heterocycles. The van der Waals surface area contributed by atoms with Crippen LogP contribution in [0.15, 0.2) is 6.07 Å². The summed E-state index contributed by atoms with van der Waals surface area (Å²) in [6, 6.07) is 1.76. The SMILES string of the molecule is O=C(O)COCCc1cc(Cl)sc1Cl. The lowest BCUT2D eigenvalue weighted by Gasteiger charge is -1.99. The van der Waals surface area contributed by atoms with Crippen LogP contribution in [0.3, 0.4) is 0 Å². The first-order valence-electron chi connectivity index (χ1n) is 3.83. The molecule has 1 aromatic heterocycles. The summed E-state index contributed by atoms with van der Waals surface area (Å²) in [5, 5.41) is 8.30. The smallest absolute Gasteiger partial charge is 0.329 e. The van der Waals surface area contributed by atoms with E-state index >= 15 is 0 Å². The summed E-state index contributed by atoms with van der Waals surface area (Å²) in [7, 11) is 0. The number of ether oxygens (including phenoxy) is 1. The van der Waals surface area contributed by atoms with Crippen molar-refractivity contribution < 1.29 is 14.6 Å². The van der Waals surface area contributed by atoms with Crippen LogP contribution in [0.4, 0.5) is 0 Å². The van der Waals surface area contributed by atoms with Gasteiger partial charge in [0.15, 0.2) is 0 Å². The van der Waals surface area contributed by atoms with Gasteiger partial charge >= 0.3 is 5.97 Å². The first-order chi connectivity index (χ1) is 6.59. The number of rotatable bonds is 5. The molecule has 0 radical (unpaired) electrons. The third-order valence-corrected chi connectivity index (χ3v) is 3.04. The Morgan fingerprint density at radius 3 is 2.79 bits per heavy atom. The lowest BCUT2D eigenvalue weighted by molar-refractivity contribution is -0.142. The van der Waals surface area contributed by atoms with Gasteiger partial charge in [-0.05, 0) is 18.1 Å². The maximum atomic E-state index is 10.1. The van der Waals surface area contributed by atoms with Gasteiger partial charge in [-0.1, -0.05) is 23.2 Å². The molecule has 1 aromatic rings. The van der Waals surface area contributed by atoms with Gasteiger partial charge in [-0.15, -0.1) is 11.3 Å². The molecular weight excluding hydrogens is 247 g/mol. The Morgan fingerprint density at radius 2 is 2.29 bits per heavy atom. The van der Waals surface area contributed by atoms with Crippen molar-refractivity contribution in [1.82, 2.24) is 0 Å². The van der Waals surface area contributed by atoms with Crippen LogP contribution in [-0.4, -0.2) is 24.3 Å². The van der Waals surface area contributed by atoms with E-state index in [0.717, 1.165) is 5.56 Å². The van der Waals surface area contributed by atoms with Crippen molar-refractivity contribution >= 4 is 40.5 Å². The Hall–Kier alpha value is -0.290. The van der Waals surface area contributed by atoms with Crippen LogP contribution in [0, 0.1) is 0 Å². The van der Waals surface area contributed by atoms with Crippen LogP contribution in [0.25, 0.3) is 0 Å². The molecule has 0 unspecified atom stereocenters. The summed E-state index contributed by atoms with van der Waals surface area (Å²) in [5.41, 5.74) is 0.895. The first-order valence-corrected chi connectivity index (χ1v) is 5.40. The number of carboxylic acid groups (broad SMARTS) is 1. The summed E-state index contributed by atoms with van der Waals surface area (Å²) in [4.78, 5) is 10.1. The van der Waals surface area contributed by atoms with Crippen LogP contribution in [0.2, 0.25) is 8.67 Å². The normalized spacial score (nSPS) is 10.4. The molecule has 14 heavy (non-hydrogen) atoms. The second-order valence-corrected chi connectivity index (χ2v) is 4.83. The molecule has 0 saturated carbocycles. The fourth-order valence-corrected chi connectivity index (χ4v) is 2.43. The predicted octanol–water partition coefficient (Wildman–Crippen LogP) is 2.70. The van der Waals surface area contributed by atoms with Crippen LogP contribution >= 0.6 is 34.5 Å². The fraction of sp³-hybridized carbons (Fsp3) is 0.375. The molecule has 0 fully saturated rings. The Balaban J connectivity index is 2.31. The average molecular weight is 255 g/mol. The maximum absolute atomic E-state index is 10.1. The molecule has 1 heterocycles. The number of carboxylic acids is 1. The Kier molecular flexibility index (Phi) is 4.68. The van der Waals surface area contributed by atoms with Crippen LogP contribution in [0.5, 0.6) is 0 Å². The predicted molar refractivity (Wildman–Crippen MR) is 56.5 cm³/mol. The van der Waals surface area contributed by atoms with E-state index in [9.17, 15) is 4.79 Å². The molecule has 0 aliphatic rings. The third-order valence-electron chi connectivity index (χ3n) is 1.47. The van der Waals surface area contributed by atoms with Gasteiger partial charge in [-0.2, -0.15) is 0 Å². The van der Waals surface area contributed by atoms with Crippen LogP contribution in [-0.2, 0) is 16.0 Å². The highest BCUT2D eigenvalue weighted by atomic mass is 35.5. The van der Waals surface area contributed by atoms with Gasteiger partial charge in [0.05, 0.1) is 15.3 Å². The minimum Gasteiger partial charge on any atom is -0.480 e. The molecule has 0 atom stereocenters. The summed E-state index contributed by atoms with van der Waals surface area (Å²) in [6.07, 6.45) is 0.579.